The fourth-order valence-corrected chi connectivity index (χ4v) is 4.07. The van der Waals surface area contributed by atoms with E-state index in [0.29, 0.717) is 40.6 Å². The van der Waals surface area contributed by atoms with Crippen molar-refractivity contribution in [3.8, 4) is 17.2 Å². The highest BCUT2D eigenvalue weighted by molar-refractivity contribution is 9.10. The van der Waals surface area contributed by atoms with E-state index < -0.39 is 0 Å². The molecule has 0 atom stereocenters. The Labute approximate surface area is 179 Å². The van der Waals surface area contributed by atoms with Crippen LogP contribution in [0.5, 0.6) is 11.5 Å². The van der Waals surface area contributed by atoms with E-state index in [1.807, 2.05) is 35.0 Å². The monoisotopic (exact) mass is 479 g/mol. The molecule has 2 aromatic carbocycles. The molecule has 3 aromatic rings. The van der Waals surface area contributed by atoms with Crippen LogP contribution in [0.15, 0.2) is 58.4 Å². The molecule has 28 heavy (non-hydrogen) atoms. The van der Waals surface area contributed by atoms with Gasteiger partial charge in [0.1, 0.15) is 13.2 Å². The number of fused-ring (bicyclic) bond motifs is 1. The summed E-state index contributed by atoms with van der Waals surface area (Å²) in [5, 5.41) is 4.24. The van der Waals surface area contributed by atoms with Gasteiger partial charge in [0, 0.05) is 39.7 Å². The second-order valence-corrected chi connectivity index (χ2v) is 8.11. The molecule has 144 valence electrons. The summed E-state index contributed by atoms with van der Waals surface area (Å²) in [6, 6.07) is 11.0. The Morgan fingerprint density at radius 3 is 2.82 bits per heavy atom. The van der Waals surface area contributed by atoms with Crippen molar-refractivity contribution in [2.75, 3.05) is 24.3 Å². The number of rotatable bonds is 5. The maximum absolute atomic E-state index is 12.4. The third-order valence-corrected chi connectivity index (χ3v) is 5.79. The van der Waals surface area contributed by atoms with Gasteiger partial charge in [0.2, 0.25) is 5.91 Å². The number of carbonyl (C=O) groups excluding carboxylic acids is 1. The number of thioether (sulfide) groups is 1. The lowest BCUT2D eigenvalue weighted by molar-refractivity contribution is -0.113. The van der Waals surface area contributed by atoms with Gasteiger partial charge in [-0.05, 0) is 34.1 Å². The molecule has 0 saturated heterocycles. The van der Waals surface area contributed by atoms with Crippen molar-refractivity contribution in [2.24, 2.45) is 0 Å². The zero-order chi connectivity index (χ0) is 19.5. The molecule has 1 amide bonds. The SMILES string of the molecule is O=C(CSc1nccn1-c1cccc(Cl)c1)Nc1cc2c(cc1Br)OCCO2. The van der Waals surface area contributed by atoms with Crippen LogP contribution in [0.1, 0.15) is 0 Å². The molecule has 1 aromatic heterocycles. The molecule has 0 bridgehead atoms. The van der Waals surface area contributed by atoms with E-state index >= 15 is 0 Å². The molecule has 1 N–H and O–H groups in total. The number of hydrogen-bond acceptors (Lipinski definition) is 5. The smallest absolute Gasteiger partial charge is 0.234 e. The largest absolute Gasteiger partial charge is 0.486 e. The zero-order valence-electron chi connectivity index (χ0n) is 14.5. The van der Waals surface area contributed by atoms with Crippen molar-refractivity contribution in [3.05, 3.63) is 58.3 Å². The minimum atomic E-state index is -0.150. The Balaban J connectivity index is 1.43. The van der Waals surface area contributed by atoms with Crippen LogP contribution in [0.2, 0.25) is 5.02 Å². The first-order valence-electron chi connectivity index (χ1n) is 8.41. The Morgan fingerprint density at radius 1 is 1.25 bits per heavy atom. The first kappa shape index (κ1) is 19.2. The highest BCUT2D eigenvalue weighted by Gasteiger charge is 2.17. The molecular formula is C19H15BrClN3O3S. The standard InChI is InChI=1S/C19H15BrClN3O3S/c20-14-9-16-17(27-7-6-26-16)10-15(14)23-18(25)11-28-19-22-4-5-24(19)13-3-1-2-12(21)8-13/h1-5,8-10H,6-7,11H2,(H,23,25). The maximum atomic E-state index is 12.4. The Morgan fingerprint density at radius 2 is 2.04 bits per heavy atom. The van der Waals surface area contributed by atoms with E-state index in [1.165, 1.54) is 11.8 Å². The molecule has 0 unspecified atom stereocenters. The number of anilines is 1. The highest BCUT2D eigenvalue weighted by atomic mass is 79.9. The predicted molar refractivity (Wildman–Crippen MR) is 113 cm³/mol. The Bertz CT molecular complexity index is 1030. The van der Waals surface area contributed by atoms with Crippen LogP contribution in [0.25, 0.3) is 5.69 Å². The summed E-state index contributed by atoms with van der Waals surface area (Å²) in [5.74, 6) is 1.34. The molecule has 9 heteroatoms. The van der Waals surface area contributed by atoms with E-state index in [1.54, 1.807) is 18.3 Å². The van der Waals surface area contributed by atoms with E-state index in [-0.39, 0.29) is 11.7 Å². The number of hydrogen-bond donors (Lipinski definition) is 1. The molecular weight excluding hydrogens is 466 g/mol. The van der Waals surface area contributed by atoms with Crippen molar-refractivity contribution in [1.82, 2.24) is 9.55 Å². The van der Waals surface area contributed by atoms with Crippen LogP contribution in [0.4, 0.5) is 5.69 Å². The number of carbonyl (C=O) groups is 1. The summed E-state index contributed by atoms with van der Waals surface area (Å²) in [6.07, 6.45) is 3.53. The van der Waals surface area contributed by atoms with Gasteiger partial charge in [0.15, 0.2) is 16.7 Å². The molecule has 1 aliphatic heterocycles. The lowest BCUT2D eigenvalue weighted by atomic mass is 10.2. The lowest BCUT2D eigenvalue weighted by Gasteiger charge is -2.20. The van der Waals surface area contributed by atoms with E-state index in [0.717, 1.165) is 10.2 Å². The van der Waals surface area contributed by atoms with Gasteiger partial charge in [-0.15, -0.1) is 0 Å². The van der Waals surface area contributed by atoms with Crippen molar-refractivity contribution in [3.63, 3.8) is 0 Å². The van der Waals surface area contributed by atoms with Crippen molar-refractivity contribution < 1.29 is 14.3 Å². The molecule has 0 saturated carbocycles. The normalized spacial score (nSPS) is 12.6. The second kappa shape index (κ2) is 8.46. The van der Waals surface area contributed by atoms with Crippen molar-refractivity contribution in [2.45, 2.75) is 5.16 Å². The fraction of sp³-hybridized carbons (Fsp3) is 0.158. The number of ether oxygens (including phenoxy) is 2. The van der Waals surface area contributed by atoms with Gasteiger partial charge in [-0.25, -0.2) is 4.98 Å². The number of benzene rings is 2. The number of nitrogens with one attached hydrogen (secondary N) is 1. The zero-order valence-corrected chi connectivity index (χ0v) is 17.7. The number of imidazole rings is 1. The van der Waals surface area contributed by atoms with Crippen molar-refractivity contribution >= 4 is 50.9 Å². The van der Waals surface area contributed by atoms with Gasteiger partial charge in [-0.1, -0.05) is 29.4 Å². The van der Waals surface area contributed by atoms with Crippen LogP contribution in [0.3, 0.4) is 0 Å². The third-order valence-electron chi connectivity index (χ3n) is 3.93. The molecule has 6 nitrogen and oxygen atoms in total. The van der Waals surface area contributed by atoms with Crippen LogP contribution in [-0.2, 0) is 4.79 Å². The number of amides is 1. The van der Waals surface area contributed by atoms with Crippen LogP contribution in [0, 0.1) is 0 Å². The lowest BCUT2D eigenvalue weighted by Crippen LogP contribution is -2.17. The van der Waals surface area contributed by atoms with Crippen molar-refractivity contribution in [1.29, 1.82) is 0 Å². The molecule has 2 heterocycles. The molecule has 1 aliphatic rings. The summed E-state index contributed by atoms with van der Waals surface area (Å²) in [4.78, 5) is 16.8. The summed E-state index contributed by atoms with van der Waals surface area (Å²) >= 11 is 10.9. The average Bonchev–Trinajstić information content (AvgIpc) is 3.16. The first-order valence-corrected chi connectivity index (χ1v) is 10.6. The minimum absolute atomic E-state index is 0.150. The van der Waals surface area contributed by atoms with Crippen LogP contribution < -0.4 is 14.8 Å². The average molecular weight is 481 g/mol. The minimum Gasteiger partial charge on any atom is -0.486 e. The molecule has 0 aliphatic carbocycles. The molecule has 4 rings (SSSR count). The van der Waals surface area contributed by atoms with Crippen LogP contribution >= 0.6 is 39.3 Å². The van der Waals surface area contributed by atoms with E-state index in [9.17, 15) is 4.79 Å². The third kappa shape index (κ3) is 4.29. The summed E-state index contributed by atoms with van der Waals surface area (Å²) in [5.41, 5.74) is 1.52. The fourth-order valence-electron chi connectivity index (χ4n) is 2.70. The number of halogens is 2. The molecule has 0 fully saturated rings. The summed E-state index contributed by atoms with van der Waals surface area (Å²) in [6.45, 7) is 1.01. The second-order valence-electron chi connectivity index (χ2n) is 5.87. The van der Waals surface area contributed by atoms with Crippen LogP contribution in [-0.4, -0.2) is 34.4 Å². The maximum Gasteiger partial charge on any atom is 0.234 e. The van der Waals surface area contributed by atoms with Gasteiger partial charge in [0.25, 0.3) is 0 Å². The Kier molecular flexibility index (Phi) is 5.79. The predicted octanol–water partition coefficient (Wildman–Crippen LogP) is 4.79. The highest BCUT2D eigenvalue weighted by Crippen LogP contribution is 2.38. The van der Waals surface area contributed by atoms with Gasteiger partial charge in [-0.2, -0.15) is 0 Å². The van der Waals surface area contributed by atoms with E-state index in [4.69, 9.17) is 21.1 Å². The van der Waals surface area contributed by atoms with Gasteiger partial charge in [-0.3, -0.25) is 9.36 Å². The molecule has 0 radical (unpaired) electrons. The summed E-state index contributed by atoms with van der Waals surface area (Å²) in [7, 11) is 0. The molecule has 0 spiro atoms. The Hall–Kier alpha value is -2.16. The number of aromatic nitrogens is 2. The number of nitrogens with zero attached hydrogens (tertiary/aromatic N) is 2. The topological polar surface area (TPSA) is 65.4 Å². The quantitative estimate of drug-likeness (QED) is 0.532. The van der Waals surface area contributed by atoms with Gasteiger partial charge >= 0.3 is 0 Å². The summed E-state index contributed by atoms with van der Waals surface area (Å²) < 4.78 is 13.7. The first-order chi connectivity index (χ1) is 13.6. The van der Waals surface area contributed by atoms with Gasteiger partial charge < -0.3 is 14.8 Å². The van der Waals surface area contributed by atoms with Gasteiger partial charge in [0.05, 0.1) is 11.4 Å². The van der Waals surface area contributed by atoms with E-state index in [2.05, 4.69) is 26.2 Å².